The molecule has 0 saturated carbocycles. The highest BCUT2D eigenvalue weighted by molar-refractivity contribution is 6.25. The SMILES string of the molecule is c1cc(-c2ccc(-c3nc(-c4cc5ccccc5c5ccccc45)nc(-c4cc5ccccc5c5ccccc45)n3)cc2)cc(-c2nc3ccccc3c3c2ccc2c4ccccc4oc23)c1. The molecule has 5 heteroatoms. The van der Waals surface area contributed by atoms with Gasteiger partial charge in [0.2, 0.25) is 0 Å². The Bertz CT molecular complexity index is 4210. The van der Waals surface area contributed by atoms with E-state index in [2.05, 4.69) is 200 Å². The molecule has 0 spiro atoms. The summed E-state index contributed by atoms with van der Waals surface area (Å²) >= 11 is 0. The summed E-state index contributed by atoms with van der Waals surface area (Å²) in [5, 5.41) is 14.6. The van der Waals surface area contributed by atoms with Crippen molar-refractivity contribution in [1.82, 2.24) is 19.9 Å². The summed E-state index contributed by atoms with van der Waals surface area (Å²) in [5.74, 6) is 1.87. The van der Waals surface area contributed by atoms with Gasteiger partial charge in [-0.25, -0.2) is 19.9 Å². The fourth-order valence-corrected chi connectivity index (χ4v) is 10.3. The molecule has 3 heterocycles. The molecule has 14 rings (SSSR count). The highest BCUT2D eigenvalue weighted by atomic mass is 16.3. The highest BCUT2D eigenvalue weighted by Gasteiger charge is 2.20. The summed E-state index contributed by atoms with van der Waals surface area (Å²) in [5.41, 5.74) is 9.64. The van der Waals surface area contributed by atoms with Crippen molar-refractivity contribution in [3.63, 3.8) is 0 Å². The largest absolute Gasteiger partial charge is 0.455 e. The lowest BCUT2D eigenvalue weighted by Gasteiger charge is -2.14. The molecule has 0 fully saturated rings. The molecule has 67 heavy (non-hydrogen) atoms. The van der Waals surface area contributed by atoms with Crippen LogP contribution in [0.25, 0.3) is 143 Å². The van der Waals surface area contributed by atoms with E-state index in [0.29, 0.717) is 17.5 Å². The number of pyridine rings is 1. The van der Waals surface area contributed by atoms with Crippen LogP contribution in [0.1, 0.15) is 0 Å². The lowest BCUT2D eigenvalue weighted by atomic mass is 9.95. The van der Waals surface area contributed by atoms with Crippen molar-refractivity contribution in [2.45, 2.75) is 0 Å². The van der Waals surface area contributed by atoms with E-state index < -0.39 is 0 Å². The van der Waals surface area contributed by atoms with Crippen molar-refractivity contribution in [1.29, 1.82) is 0 Å². The third-order valence-electron chi connectivity index (χ3n) is 13.5. The van der Waals surface area contributed by atoms with E-state index in [1.54, 1.807) is 0 Å². The Morgan fingerprint density at radius 3 is 1.46 bits per heavy atom. The number of rotatable bonds is 5. The maximum absolute atomic E-state index is 6.60. The molecule has 310 valence electrons. The molecule has 5 nitrogen and oxygen atoms in total. The second-order valence-corrected chi connectivity index (χ2v) is 17.3. The van der Waals surface area contributed by atoms with Crippen LogP contribution < -0.4 is 0 Å². The number of hydrogen-bond acceptors (Lipinski definition) is 5. The van der Waals surface area contributed by atoms with E-state index >= 15 is 0 Å². The fraction of sp³-hybridized carbons (Fsp3) is 0. The predicted molar refractivity (Wildman–Crippen MR) is 277 cm³/mol. The van der Waals surface area contributed by atoms with Crippen LogP contribution in [0.5, 0.6) is 0 Å². The molecule has 0 amide bonds. The van der Waals surface area contributed by atoms with Crippen LogP contribution in [-0.2, 0) is 0 Å². The maximum atomic E-state index is 6.60. The second-order valence-electron chi connectivity index (χ2n) is 17.3. The summed E-state index contributed by atoms with van der Waals surface area (Å²) in [4.78, 5) is 21.3. The summed E-state index contributed by atoms with van der Waals surface area (Å²) in [6.45, 7) is 0. The average Bonchev–Trinajstić information content (AvgIpc) is 3.79. The third-order valence-corrected chi connectivity index (χ3v) is 13.5. The molecule has 0 aliphatic rings. The summed E-state index contributed by atoms with van der Waals surface area (Å²) in [6, 6.07) is 76.9. The number of fused-ring (bicyclic) bond motifs is 13. The second kappa shape index (κ2) is 14.7. The van der Waals surface area contributed by atoms with Crippen LogP contribution in [-0.4, -0.2) is 19.9 Å². The lowest BCUT2D eigenvalue weighted by molar-refractivity contribution is 0.673. The predicted octanol–water partition coefficient (Wildman–Crippen LogP) is 16.4. The smallest absolute Gasteiger partial charge is 0.164 e. The molecule has 0 bridgehead atoms. The summed E-state index contributed by atoms with van der Waals surface area (Å²) in [6.07, 6.45) is 0. The van der Waals surface area contributed by atoms with Crippen molar-refractivity contribution in [3.05, 3.63) is 218 Å². The van der Waals surface area contributed by atoms with Crippen molar-refractivity contribution in [2.24, 2.45) is 0 Å². The number of para-hydroxylation sites is 2. The first kappa shape index (κ1) is 37.3. The molecule has 14 aromatic rings. The Morgan fingerprint density at radius 2 is 0.791 bits per heavy atom. The molecule has 0 atom stereocenters. The normalized spacial score (nSPS) is 11.9. The molecule has 0 unspecified atom stereocenters. The van der Waals surface area contributed by atoms with Gasteiger partial charge in [-0.3, -0.25) is 0 Å². The Kier molecular flexibility index (Phi) is 8.21. The van der Waals surface area contributed by atoms with E-state index in [0.717, 1.165) is 115 Å². The number of aromatic nitrogens is 4. The fourth-order valence-electron chi connectivity index (χ4n) is 10.3. The topological polar surface area (TPSA) is 64.7 Å². The van der Waals surface area contributed by atoms with E-state index in [1.807, 2.05) is 18.2 Å². The first-order valence-electron chi connectivity index (χ1n) is 22.6. The summed E-state index contributed by atoms with van der Waals surface area (Å²) in [7, 11) is 0. The van der Waals surface area contributed by atoms with Gasteiger partial charge in [-0.15, -0.1) is 0 Å². The minimum atomic E-state index is 0.610. The first-order valence-corrected chi connectivity index (χ1v) is 22.6. The Labute approximate surface area is 384 Å². The average molecular weight is 853 g/mol. The van der Waals surface area contributed by atoms with Crippen LogP contribution in [0.2, 0.25) is 0 Å². The van der Waals surface area contributed by atoms with Gasteiger partial charge < -0.3 is 4.42 Å². The van der Waals surface area contributed by atoms with Gasteiger partial charge in [0.1, 0.15) is 11.2 Å². The van der Waals surface area contributed by atoms with Gasteiger partial charge in [0.15, 0.2) is 17.5 Å². The van der Waals surface area contributed by atoms with Gasteiger partial charge in [-0.05, 0) is 90.6 Å². The monoisotopic (exact) mass is 852 g/mol. The van der Waals surface area contributed by atoms with E-state index in [9.17, 15) is 0 Å². The summed E-state index contributed by atoms with van der Waals surface area (Å²) < 4.78 is 6.60. The standard InChI is InChI=1S/C62H36N4O/c1-3-18-43-40(14-1)35-53(47-22-7-5-20-45(43)47)61-64-60(65-62(66-61)54-36-41-15-2-4-19-44(41)46-21-6-8-23-48(46)54)38-30-28-37(29-31-38)39-16-13-17-42(34-39)58-52-33-32-50-49-24-10-12-27-56(49)67-59(50)57(52)51-25-9-11-26-55(51)63-58/h1-36H. The van der Waals surface area contributed by atoms with Gasteiger partial charge >= 0.3 is 0 Å². The molecule has 0 saturated heterocycles. The zero-order valence-corrected chi connectivity index (χ0v) is 36.0. The van der Waals surface area contributed by atoms with Crippen LogP contribution in [0, 0.1) is 0 Å². The quantitative estimate of drug-likeness (QED) is 0.161. The highest BCUT2D eigenvalue weighted by Crippen LogP contribution is 2.42. The first-order chi connectivity index (χ1) is 33.2. The maximum Gasteiger partial charge on any atom is 0.164 e. The number of furan rings is 1. The van der Waals surface area contributed by atoms with Gasteiger partial charge in [-0.2, -0.15) is 0 Å². The molecular weight excluding hydrogens is 817 g/mol. The van der Waals surface area contributed by atoms with E-state index in [1.165, 1.54) is 10.8 Å². The van der Waals surface area contributed by atoms with Gasteiger partial charge in [0.05, 0.1) is 11.2 Å². The third kappa shape index (κ3) is 5.95. The number of hydrogen-bond donors (Lipinski definition) is 0. The van der Waals surface area contributed by atoms with Crippen molar-refractivity contribution in [3.8, 4) is 56.5 Å². The molecule has 3 aromatic heterocycles. The Balaban J connectivity index is 0.921. The zero-order chi connectivity index (χ0) is 44.0. The van der Waals surface area contributed by atoms with Crippen LogP contribution in [0.3, 0.4) is 0 Å². The van der Waals surface area contributed by atoms with Crippen LogP contribution >= 0.6 is 0 Å². The van der Waals surface area contributed by atoms with Gasteiger partial charge in [0.25, 0.3) is 0 Å². The minimum Gasteiger partial charge on any atom is -0.455 e. The number of nitrogens with zero attached hydrogens (tertiary/aromatic N) is 4. The van der Waals surface area contributed by atoms with Crippen molar-refractivity contribution in [2.75, 3.05) is 0 Å². The molecular formula is C62H36N4O. The van der Waals surface area contributed by atoms with E-state index in [-0.39, 0.29) is 0 Å². The molecule has 11 aromatic carbocycles. The molecule has 0 radical (unpaired) electrons. The zero-order valence-electron chi connectivity index (χ0n) is 36.0. The molecule has 0 aliphatic carbocycles. The van der Waals surface area contributed by atoms with E-state index in [4.69, 9.17) is 24.4 Å². The Hall–Kier alpha value is -9.06. The molecule has 0 aliphatic heterocycles. The van der Waals surface area contributed by atoms with Crippen molar-refractivity contribution >= 4 is 86.7 Å². The minimum absolute atomic E-state index is 0.610. The number of benzene rings is 11. The van der Waals surface area contributed by atoms with Crippen molar-refractivity contribution < 1.29 is 4.42 Å². The van der Waals surface area contributed by atoms with Crippen LogP contribution in [0.4, 0.5) is 0 Å². The van der Waals surface area contributed by atoms with Gasteiger partial charge in [-0.1, -0.05) is 182 Å². The lowest BCUT2D eigenvalue weighted by Crippen LogP contribution is -2.01. The van der Waals surface area contributed by atoms with Crippen LogP contribution in [0.15, 0.2) is 223 Å². The molecule has 0 N–H and O–H groups in total. The van der Waals surface area contributed by atoms with Gasteiger partial charge in [0, 0.05) is 49.2 Å². The Morgan fingerprint density at radius 1 is 0.284 bits per heavy atom.